The Labute approximate surface area is 129 Å². The van der Waals surface area contributed by atoms with Gasteiger partial charge in [0.05, 0.1) is 5.75 Å². The zero-order chi connectivity index (χ0) is 14.4. The van der Waals surface area contributed by atoms with Crippen LogP contribution in [0.4, 0.5) is 5.82 Å². The lowest BCUT2D eigenvalue weighted by molar-refractivity contribution is 0.940. The highest BCUT2D eigenvalue weighted by Crippen LogP contribution is 2.24. The van der Waals surface area contributed by atoms with Crippen molar-refractivity contribution in [3.63, 3.8) is 0 Å². The van der Waals surface area contributed by atoms with Crippen molar-refractivity contribution in [2.24, 2.45) is 0 Å². The van der Waals surface area contributed by atoms with Crippen LogP contribution in [0.3, 0.4) is 0 Å². The van der Waals surface area contributed by atoms with Crippen LogP contribution in [0.25, 0.3) is 0 Å². The van der Waals surface area contributed by atoms with Gasteiger partial charge < -0.3 is 5.32 Å². The van der Waals surface area contributed by atoms with Gasteiger partial charge in [0, 0.05) is 28.2 Å². The fourth-order valence-electron chi connectivity index (χ4n) is 1.74. The number of anilines is 1. The molecule has 0 radical (unpaired) electrons. The molecular weight excluding hydrogens is 290 g/mol. The number of thioether (sulfide) groups is 1. The quantitative estimate of drug-likeness (QED) is 0.794. The molecule has 2 aromatic rings. The highest BCUT2D eigenvalue weighted by molar-refractivity contribution is 7.98. The maximum absolute atomic E-state index is 5.98. The summed E-state index contributed by atoms with van der Waals surface area (Å²) in [6, 6.07) is 9.81. The summed E-state index contributed by atoms with van der Waals surface area (Å²) in [6.07, 6.45) is 1.08. The number of rotatable bonds is 6. The van der Waals surface area contributed by atoms with E-state index in [0.29, 0.717) is 0 Å². The minimum atomic E-state index is 0.739. The van der Waals surface area contributed by atoms with E-state index in [1.54, 1.807) is 11.8 Å². The molecule has 5 heteroatoms. The smallest absolute Gasteiger partial charge is 0.141 e. The molecule has 106 valence electrons. The molecule has 3 nitrogen and oxygen atoms in total. The zero-order valence-electron chi connectivity index (χ0n) is 11.7. The SMILES string of the molecule is CCCNc1cc(C)nc(CSc2cccc(Cl)c2)n1. The maximum atomic E-state index is 5.98. The zero-order valence-corrected chi connectivity index (χ0v) is 13.3. The summed E-state index contributed by atoms with van der Waals surface area (Å²) < 4.78 is 0. The Bertz CT molecular complexity index is 575. The van der Waals surface area contributed by atoms with E-state index in [0.717, 1.165) is 46.0 Å². The number of benzene rings is 1. The third-order valence-corrected chi connectivity index (χ3v) is 3.85. The van der Waals surface area contributed by atoms with Crippen LogP contribution in [-0.4, -0.2) is 16.5 Å². The van der Waals surface area contributed by atoms with Crippen molar-refractivity contribution in [2.75, 3.05) is 11.9 Å². The molecule has 0 fully saturated rings. The van der Waals surface area contributed by atoms with Crippen LogP contribution in [0.15, 0.2) is 35.2 Å². The largest absolute Gasteiger partial charge is 0.370 e. The van der Waals surface area contributed by atoms with Gasteiger partial charge in [0.1, 0.15) is 11.6 Å². The first-order valence-electron chi connectivity index (χ1n) is 6.64. The summed E-state index contributed by atoms with van der Waals surface area (Å²) in [4.78, 5) is 10.1. The molecule has 1 heterocycles. The second-order valence-electron chi connectivity index (χ2n) is 4.48. The molecule has 0 aliphatic rings. The molecule has 20 heavy (non-hydrogen) atoms. The van der Waals surface area contributed by atoms with Crippen molar-refractivity contribution in [3.8, 4) is 0 Å². The van der Waals surface area contributed by atoms with Crippen LogP contribution in [0.5, 0.6) is 0 Å². The first kappa shape index (κ1) is 15.1. The van der Waals surface area contributed by atoms with Crippen molar-refractivity contribution in [2.45, 2.75) is 30.9 Å². The third kappa shape index (κ3) is 4.69. The highest BCUT2D eigenvalue weighted by Gasteiger charge is 2.03. The standard InChI is InChI=1S/C15H18ClN3S/c1-3-7-17-14-8-11(2)18-15(19-14)10-20-13-6-4-5-12(16)9-13/h4-6,8-9H,3,7,10H2,1-2H3,(H,17,18,19). The Morgan fingerprint density at radius 2 is 2.10 bits per heavy atom. The summed E-state index contributed by atoms with van der Waals surface area (Å²) >= 11 is 7.67. The highest BCUT2D eigenvalue weighted by atomic mass is 35.5. The summed E-state index contributed by atoms with van der Waals surface area (Å²) in [7, 11) is 0. The van der Waals surface area contributed by atoms with Gasteiger partial charge in [0.15, 0.2) is 0 Å². The van der Waals surface area contributed by atoms with Gasteiger partial charge in [-0.3, -0.25) is 0 Å². The average Bonchev–Trinajstić information content (AvgIpc) is 2.42. The van der Waals surface area contributed by atoms with E-state index in [1.165, 1.54) is 0 Å². The molecule has 0 saturated heterocycles. The summed E-state index contributed by atoms with van der Waals surface area (Å²) in [5, 5.41) is 4.06. The second kappa shape index (κ2) is 7.50. The minimum absolute atomic E-state index is 0.739. The Morgan fingerprint density at radius 3 is 2.85 bits per heavy atom. The number of nitrogens with one attached hydrogen (secondary N) is 1. The molecular formula is C15H18ClN3S. The Kier molecular flexibility index (Phi) is 5.68. The number of hydrogen-bond acceptors (Lipinski definition) is 4. The van der Waals surface area contributed by atoms with Gasteiger partial charge in [0.2, 0.25) is 0 Å². The van der Waals surface area contributed by atoms with Crippen LogP contribution < -0.4 is 5.32 Å². The molecule has 0 aliphatic carbocycles. The molecule has 0 atom stereocenters. The van der Waals surface area contributed by atoms with Gasteiger partial charge in [-0.05, 0) is 31.5 Å². The summed E-state index contributed by atoms with van der Waals surface area (Å²) in [5.41, 5.74) is 0.986. The van der Waals surface area contributed by atoms with E-state index < -0.39 is 0 Å². The number of hydrogen-bond donors (Lipinski definition) is 1. The van der Waals surface area contributed by atoms with Crippen molar-refractivity contribution >= 4 is 29.2 Å². The summed E-state index contributed by atoms with van der Waals surface area (Å²) in [5.74, 6) is 2.48. The van der Waals surface area contributed by atoms with E-state index in [9.17, 15) is 0 Å². The Morgan fingerprint density at radius 1 is 1.25 bits per heavy atom. The molecule has 2 rings (SSSR count). The van der Waals surface area contributed by atoms with Crippen LogP contribution in [0, 0.1) is 6.92 Å². The Balaban J connectivity index is 2.03. The average molecular weight is 308 g/mol. The lowest BCUT2D eigenvalue weighted by atomic mass is 10.4. The van der Waals surface area contributed by atoms with Gasteiger partial charge in [-0.15, -0.1) is 11.8 Å². The van der Waals surface area contributed by atoms with Crippen molar-refractivity contribution < 1.29 is 0 Å². The maximum Gasteiger partial charge on any atom is 0.141 e. The van der Waals surface area contributed by atoms with Gasteiger partial charge >= 0.3 is 0 Å². The predicted molar refractivity (Wildman–Crippen MR) is 86.6 cm³/mol. The van der Waals surface area contributed by atoms with Crippen molar-refractivity contribution in [3.05, 3.63) is 46.9 Å². The molecule has 0 unspecified atom stereocenters. The lowest BCUT2D eigenvalue weighted by Gasteiger charge is -2.07. The van der Waals surface area contributed by atoms with Crippen LogP contribution in [0.2, 0.25) is 5.02 Å². The summed E-state index contributed by atoms with van der Waals surface area (Å²) in [6.45, 7) is 5.06. The first-order chi connectivity index (χ1) is 9.67. The number of aryl methyl sites for hydroxylation is 1. The van der Waals surface area contributed by atoms with Crippen molar-refractivity contribution in [1.82, 2.24) is 9.97 Å². The fraction of sp³-hybridized carbons (Fsp3) is 0.333. The molecule has 0 aliphatic heterocycles. The number of aromatic nitrogens is 2. The molecule has 1 N–H and O–H groups in total. The van der Waals surface area contributed by atoms with E-state index in [-0.39, 0.29) is 0 Å². The first-order valence-corrected chi connectivity index (χ1v) is 8.00. The molecule has 0 saturated carbocycles. The van der Waals surface area contributed by atoms with Gasteiger partial charge in [-0.25, -0.2) is 9.97 Å². The number of halogens is 1. The monoisotopic (exact) mass is 307 g/mol. The van der Waals surface area contributed by atoms with Gasteiger partial charge in [0.25, 0.3) is 0 Å². The van der Waals surface area contributed by atoms with E-state index in [2.05, 4.69) is 22.2 Å². The van der Waals surface area contributed by atoms with E-state index in [1.807, 2.05) is 37.3 Å². The topological polar surface area (TPSA) is 37.8 Å². The second-order valence-corrected chi connectivity index (χ2v) is 5.97. The van der Waals surface area contributed by atoms with Crippen LogP contribution in [-0.2, 0) is 5.75 Å². The minimum Gasteiger partial charge on any atom is -0.370 e. The molecule has 0 bridgehead atoms. The van der Waals surface area contributed by atoms with Gasteiger partial charge in [-0.1, -0.05) is 24.6 Å². The van der Waals surface area contributed by atoms with Crippen molar-refractivity contribution in [1.29, 1.82) is 0 Å². The van der Waals surface area contributed by atoms with Gasteiger partial charge in [-0.2, -0.15) is 0 Å². The van der Waals surface area contributed by atoms with E-state index in [4.69, 9.17) is 11.6 Å². The molecule has 1 aromatic carbocycles. The van der Waals surface area contributed by atoms with Crippen LogP contribution >= 0.6 is 23.4 Å². The molecule has 1 aromatic heterocycles. The lowest BCUT2D eigenvalue weighted by Crippen LogP contribution is -2.05. The fourth-order valence-corrected chi connectivity index (χ4v) is 2.81. The Hall–Kier alpha value is -1.26. The van der Waals surface area contributed by atoms with E-state index >= 15 is 0 Å². The molecule has 0 amide bonds. The number of nitrogens with zero attached hydrogens (tertiary/aromatic N) is 2. The normalized spacial score (nSPS) is 10.6. The molecule has 0 spiro atoms. The van der Waals surface area contributed by atoms with Crippen LogP contribution in [0.1, 0.15) is 24.9 Å². The predicted octanol–water partition coefficient (Wildman–Crippen LogP) is 4.55. The third-order valence-electron chi connectivity index (χ3n) is 2.62.